The van der Waals surface area contributed by atoms with Gasteiger partial charge in [-0.3, -0.25) is 4.57 Å². The maximum Gasteiger partial charge on any atom is 0.222 e. The van der Waals surface area contributed by atoms with Gasteiger partial charge in [-0.2, -0.15) is 0 Å². The summed E-state index contributed by atoms with van der Waals surface area (Å²) in [6, 6.07) is 8.32. The Bertz CT molecular complexity index is 564. The first-order chi connectivity index (χ1) is 9.58. The summed E-state index contributed by atoms with van der Waals surface area (Å²) in [6.45, 7) is 4.16. The van der Waals surface area contributed by atoms with Crippen LogP contribution in [0.25, 0.3) is 0 Å². The molecular weight excluding hydrogens is 270 g/mol. The molecule has 0 bridgehead atoms. The molecular formula is C14H21N5S. The van der Waals surface area contributed by atoms with Gasteiger partial charge in [0.05, 0.1) is 0 Å². The number of hydrogen-bond donors (Lipinski definition) is 2. The highest BCUT2D eigenvalue weighted by Gasteiger charge is 2.12. The second-order valence-electron chi connectivity index (χ2n) is 5.00. The minimum absolute atomic E-state index is 0.279. The molecule has 0 fully saturated rings. The Hall–Kier alpha value is -1.69. The van der Waals surface area contributed by atoms with E-state index < -0.39 is 0 Å². The van der Waals surface area contributed by atoms with Crippen molar-refractivity contribution in [3.8, 4) is 0 Å². The summed E-state index contributed by atoms with van der Waals surface area (Å²) >= 11 is 1.70. The lowest BCUT2D eigenvalue weighted by molar-refractivity contribution is 0.557. The summed E-state index contributed by atoms with van der Waals surface area (Å²) in [5, 5.41) is 8.96. The van der Waals surface area contributed by atoms with E-state index in [0.29, 0.717) is 5.95 Å². The lowest BCUT2D eigenvalue weighted by atomic mass is 10.1. The summed E-state index contributed by atoms with van der Waals surface area (Å²) in [5.74, 6) is 1.47. The van der Waals surface area contributed by atoms with Crippen molar-refractivity contribution >= 4 is 23.4 Å². The molecule has 0 saturated carbocycles. The van der Waals surface area contributed by atoms with Gasteiger partial charge >= 0.3 is 0 Å². The fourth-order valence-corrected chi connectivity index (χ4v) is 3.07. The molecule has 1 heterocycles. The number of nitrogen functional groups attached to an aromatic ring is 2. The molecule has 108 valence electrons. The Morgan fingerprint density at radius 2 is 2.05 bits per heavy atom. The zero-order valence-corrected chi connectivity index (χ0v) is 12.7. The number of thioether (sulfide) groups is 1. The fraction of sp³-hybridized carbons (Fsp3) is 0.429. The van der Waals surface area contributed by atoms with E-state index in [1.54, 1.807) is 11.8 Å². The number of aromatic nitrogens is 3. The van der Waals surface area contributed by atoms with Gasteiger partial charge < -0.3 is 11.5 Å². The van der Waals surface area contributed by atoms with Gasteiger partial charge in [0.2, 0.25) is 5.95 Å². The van der Waals surface area contributed by atoms with Gasteiger partial charge in [-0.05, 0) is 44.4 Å². The van der Waals surface area contributed by atoms with Crippen LogP contribution in [0.2, 0.25) is 0 Å². The number of rotatable bonds is 6. The van der Waals surface area contributed by atoms with Gasteiger partial charge in [0, 0.05) is 17.5 Å². The lowest BCUT2D eigenvalue weighted by Crippen LogP contribution is -2.07. The predicted molar refractivity (Wildman–Crippen MR) is 84.7 cm³/mol. The van der Waals surface area contributed by atoms with Crippen molar-refractivity contribution in [2.24, 2.45) is 0 Å². The van der Waals surface area contributed by atoms with Crippen LogP contribution in [0.15, 0.2) is 29.4 Å². The normalized spacial score (nSPS) is 11.2. The Morgan fingerprint density at radius 3 is 2.75 bits per heavy atom. The van der Waals surface area contributed by atoms with Gasteiger partial charge in [0.15, 0.2) is 5.16 Å². The van der Waals surface area contributed by atoms with Crippen LogP contribution in [0.3, 0.4) is 0 Å². The van der Waals surface area contributed by atoms with Crippen LogP contribution in [0, 0.1) is 0 Å². The summed E-state index contributed by atoms with van der Waals surface area (Å²) in [4.78, 5) is 0. The second-order valence-corrected chi connectivity index (χ2v) is 6.06. The third-order valence-electron chi connectivity index (χ3n) is 3.00. The molecule has 0 amide bonds. The van der Waals surface area contributed by atoms with Gasteiger partial charge in [0.25, 0.3) is 0 Å². The van der Waals surface area contributed by atoms with Crippen LogP contribution in [0.5, 0.6) is 0 Å². The lowest BCUT2D eigenvalue weighted by Gasteiger charge is -2.11. The topological polar surface area (TPSA) is 82.8 Å². The first kappa shape index (κ1) is 14.7. The Kier molecular flexibility index (Phi) is 4.89. The van der Waals surface area contributed by atoms with Crippen LogP contribution in [-0.4, -0.2) is 20.5 Å². The Balaban J connectivity index is 1.85. The molecule has 0 radical (unpaired) electrons. The SMILES string of the molecule is CC(C)n1c(N)nnc1SCCCc1cccc(N)c1. The van der Waals surface area contributed by atoms with Crippen LogP contribution < -0.4 is 11.5 Å². The highest BCUT2D eigenvalue weighted by atomic mass is 32.2. The van der Waals surface area contributed by atoms with Crippen LogP contribution >= 0.6 is 11.8 Å². The van der Waals surface area contributed by atoms with Gasteiger partial charge in [-0.1, -0.05) is 23.9 Å². The second kappa shape index (κ2) is 6.65. The highest BCUT2D eigenvalue weighted by molar-refractivity contribution is 7.99. The molecule has 6 heteroatoms. The van der Waals surface area contributed by atoms with E-state index in [-0.39, 0.29) is 6.04 Å². The summed E-state index contributed by atoms with van der Waals surface area (Å²) in [5.41, 5.74) is 13.7. The Labute approximate surface area is 123 Å². The molecule has 0 aliphatic carbocycles. The molecule has 2 aromatic rings. The number of nitrogens with zero attached hydrogens (tertiary/aromatic N) is 3. The quantitative estimate of drug-likeness (QED) is 0.486. The molecule has 0 saturated heterocycles. The fourth-order valence-electron chi connectivity index (χ4n) is 2.06. The average Bonchev–Trinajstić information content (AvgIpc) is 2.76. The summed E-state index contributed by atoms with van der Waals surface area (Å²) in [6.07, 6.45) is 2.09. The molecule has 5 nitrogen and oxygen atoms in total. The average molecular weight is 291 g/mol. The minimum Gasteiger partial charge on any atom is -0.399 e. The maximum atomic E-state index is 5.82. The predicted octanol–water partition coefficient (Wildman–Crippen LogP) is 2.75. The first-order valence-corrected chi connectivity index (χ1v) is 7.74. The monoisotopic (exact) mass is 291 g/mol. The van der Waals surface area contributed by atoms with Crippen LogP contribution in [0.1, 0.15) is 31.9 Å². The zero-order chi connectivity index (χ0) is 14.5. The van der Waals surface area contributed by atoms with Crippen molar-refractivity contribution in [1.82, 2.24) is 14.8 Å². The number of hydrogen-bond acceptors (Lipinski definition) is 5. The van der Waals surface area contributed by atoms with Gasteiger partial charge in [-0.25, -0.2) is 0 Å². The van der Waals surface area contributed by atoms with Crippen molar-refractivity contribution in [1.29, 1.82) is 0 Å². The molecule has 20 heavy (non-hydrogen) atoms. The van der Waals surface area contributed by atoms with E-state index in [2.05, 4.69) is 30.1 Å². The first-order valence-electron chi connectivity index (χ1n) is 6.75. The van der Waals surface area contributed by atoms with Crippen molar-refractivity contribution in [2.75, 3.05) is 17.2 Å². The van der Waals surface area contributed by atoms with Gasteiger partial charge in [-0.15, -0.1) is 10.2 Å². The van der Waals surface area contributed by atoms with E-state index in [4.69, 9.17) is 11.5 Å². The molecule has 0 aliphatic rings. The number of nitrogens with two attached hydrogens (primary N) is 2. The van der Waals surface area contributed by atoms with Crippen molar-refractivity contribution < 1.29 is 0 Å². The minimum atomic E-state index is 0.279. The van der Waals surface area contributed by atoms with E-state index in [1.165, 1.54) is 5.56 Å². The standard InChI is InChI=1S/C14H21N5S/c1-10(2)19-13(16)17-18-14(19)20-8-4-6-11-5-3-7-12(15)9-11/h3,5,7,9-10H,4,6,8,15H2,1-2H3,(H2,16,17). The molecule has 1 aromatic carbocycles. The maximum absolute atomic E-state index is 5.82. The number of benzene rings is 1. The highest BCUT2D eigenvalue weighted by Crippen LogP contribution is 2.23. The van der Waals surface area contributed by atoms with Crippen molar-refractivity contribution in [3.05, 3.63) is 29.8 Å². The summed E-state index contributed by atoms with van der Waals surface area (Å²) in [7, 11) is 0. The van der Waals surface area contributed by atoms with Crippen molar-refractivity contribution in [2.45, 2.75) is 37.9 Å². The molecule has 0 aliphatic heterocycles. The molecule has 2 rings (SSSR count). The molecule has 0 unspecified atom stereocenters. The largest absolute Gasteiger partial charge is 0.399 e. The van der Waals surface area contributed by atoms with E-state index in [0.717, 1.165) is 29.4 Å². The van der Waals surface area contributed by atoms with Crippen molar-refractivity contribution in [3.63, 3.8) is 0 Å². The third kappa shape index (κ3) is 3.66. The van der Waals surface area contributed by atoms with Crippen LogP contribution in [-0.2, 0) is 6.42 Å². The molecule has 1 aromatic heterocycles. The summed E-state index contributed by atoms with van der Waals surface area (Å²) < 4.78 is 1.96. The third-order valence-corrected chi connectivity index (χ3v) is 4.03. The molecule has 4 N–H and O–H groups in total. The zero-order valence-electron chi connectivity index (χ0n) is 11.9. The van der Waals surface area contributed by atoms with E-state index in [9.17, 15) is 0 Å². The number of anilines is 2. The van der Waals surface area contributed by atoms with Crippen LogP contribution in [0.4, 0.5) is 11.6 Å². The Morgan fingerprint density at radius 1 is 1.25 bits per heavy atom. The molecule has 0 spiro atoms. The molecule has 0 atom stereocenters. The van der Waals surface area contributed by atoms with E-state index >= 15 is 0 Å². The van der Waals surface area contributed by atoms with E-state index in [1.807, 2.05) is 22.8 Å². The number of aryl methyl sites for hydroxylation is 1. The van der Waals surface area contributed by atoms with Gasteiger partial charge in [0.1, 0.15) is 0 Å². The smallest absolute Gasteiger partial charge is 0.222 e.